The molecule has 0 radical (unpaired) electrons. The Morgan fingerprint density at radius 3 is 2.71 bits per heavy atom. The van der Waals surface area contributed by atoms with E-state index >= 15 is 0 Å². The average Bonchev–Trinajstić information content (AvgIpc) is 2.98. The SMILES string of the molecule is CCCCCNC(=O)CCCN(C)S(=O)(=O)c1cccs1. The van der Waals surface area contributed by atoms with Gasteiger partial charge in [0.05, 0.1) is 0 Å². The second-order valence-corrected chi connectivity index (χ2v) is 8.14. The molecule has 1 aromatic heterocycles. The molecule has 1 aromatic rings. The van der Waals surface area contributed by atoms with Gasteiger partial charge in [-0.15, -0.1) is 11.3 Å². The van der Waals surface area contributed by atoms with Crippen LogP contribution in [0.2, 0.25) is 0 Å². The summed E-state index contributed by atoms with van der Waals surface area (Å²) in [6.45, 7) is 3.17. The predicted molar refractivity (Wildman–Crippen MR) is 85.9 cm³/mol. The number of carbonyl (C=O) groups excluding carboxylic acids is 1. The van der Waals surface area contributed by atoms with Crippen molar-refractivity contribution in [2.45, 2.75) is 43.2 Å². The quantitative estimate of drug-likeness (QED) is 0.669. The van der Waals surface area contributed by atoms with Gasteiger partial charge in [0.15, 0.2) is 0 Å². The van der Waals surface area contributed by atoms with Gasteiger partial charge < -0.3 is 5.32 Å². The van der Waals surface area contributed by atoms with Crippen molar-refractivity contribution in [2.75, 3.05) is 20.1 Å². The topological polar surface area (TPSA) is 66.5 Å². The van der Waals surface area contributed by atoms with Gasteiger partial charge in [-0.3, -0.25) is 4.79 Å². The van der Waals surface area contributed by atoms with Crippen LogP contribution in [0.5, 0.6) is 0 Å². The molecule has 7 heteroatoms. The van der Waals surface area contributed by atoms with Crippen LogP contribution in [0.1, 0.15) is 39.0 Å². The Balaban J connectivity index is 2.27. The van der Waals surface area contributed by atoms with Crippen molar-refractivity contribution >= 4 is 27.3 Å². The average molecular weight is 332 g/mol. The molecule has 120 valence electrons. The second kappa shape index (κ2) is 9.17. The summed E-state index contributed by atoms with van der Waals surface area (Å²) in [6, 6.07) is 3.31. The van der Waals surface area contributed by atoms with Crippen LogP contribution in [0.3, 0.4) is 0 Å². The fraction of sp³-hybridized carbons (Fsp3) is 0.643. The monoisotopic (exact) mass is 332 g/mol. The Kier molecular flexibility index (Phi) is 7.92. The first kappa shape index (κ1) is 18.1. The van der Waals surface area contributed by atoms with Gasteiger partial charge in [-0.25, -0.2) is 12.7 Å². The molecule has 1 heterocycles. The number of thiophene rings is 1. The van der Waals surface area contributed by atoms with Crippen LogP contribution in [0.25, 0.3) is 0 Å². The molecule has 0 unspecified atom stereocenters. The molecule has 1 amide bonds. The highest BCUT2D eigenvalue weighted by Crippen LogP contribution is 2.19. The lowest BCUT2D eigenvalue weighted by Crippen LogP contribution is -2.29. The van der Waals surface area contributed by atoms with Crippen molar-refractivity contribution in [1.82, 2.24) is 9.62 Å². The summed E-state index contributed by atoms with van der Waals surface area (Å²) in [5.74, 6) is -0.00646. The van der Waals surface area contributed by atoms with Gasteiger partial charge in [-0.1, -0.05) is 25.8 Å². The van der Waals surface area contributed by atoms with E-state index in [0.29, 0.717) is 30.1 Å². The second-order valence-electron chi connectivity index (χ2n) is 4.92. The fourth-order valence-electron chi connectivity index (χ4n) is 1.84. The molecule has 0 aliphatic rings. The number of hydrogen-bond acceptors (Lipinski definition) is 4. The van der Waals surface area contributed by atoms with Crippen LogP contribution in [-0.2, 0) is 14.8 Å². The van der Waals surface area contributed by atoms with Crippen molar-refractivity contribution in [3.8, 4) is 0 Å². The Labute approximate surface area is 131 Å². The van der Waals surface area contributed by atoms with Gasteiger partial charge in [0.2, 0.25) is 5.91 Å². The standard InChI is InChI=1S/C14H24N2O3S2/c1-3-4-5-10-15-13(17)8-6-11-16(2)21(18,19)14-9-7-12-20-14/h7,9,12H,3-6,8,10-11H2,1-2H3,(H,15,17). The van der Waals surface area contributed by atoms with E-state index in [-0.39, 0.29) is 5.91 Å². The highest BCUT2D eigenvalue weighted by molar-refractivity contribution is 7.91. The van der Waals surface area contributed by atoms with Gasteiger partial charge in [0.25, 0.3) is 10.0 Å². The third-order valence-electron chi connectivity index (χ3n) is 3.14. The van der Waals surface area contributed by atoms with Crippen molar-refractivity contribution in [1.29, 1.82) is 0 Å². The van der Waals surface area contributed by atoms with E-state index in [0.717, 1.165) is 19.3 Å². The molecule has 0 aliphatic carbocycles. The van der Waals surface area contributed by atoms with Crippen molar-refractivity contribution in [3.05, 3.63) is 17.5 Å². The normalized spacial score (nSPS) is 11.8. The first-order chi connectivity index (χ1) is 9.98. The van der Waals surface area contributed by atoms with Gasteiger partial charge in [0, 0.05) is 26.6 Å². The summed E-state index contributed by atoms with van der Waals surface area (Å²) >= 11 is 1.20. The van der Waals surface area contributed by atoms with Gasteiger partial charge >= 0.3 is 0 Å². The first-order valence-corrected chi connectivity index (χ1v) is 9.57. The third kappa shape index (κ3) is 6.15. The number of nitrogens with one attached hydrogen (secondary N) is 1. The maximum atomic E-state index is 12.1. The summed E-state index contributed by atoms with van der Waals surface area (Å²) < 4.78 is 25.9. The van der Waals surface area contributed by atoms with Crippen LogP contribution in [0.15, 0.2) is 21.7 Å². The molecule has 0 spiro atoms. The van der Waals surface area contributed by atoms with Crippen LogP contribution in [0.4, 0.5) is 0 Å². The summed E-state index contributed by atoms with van der Waals surface area (Å²) in [5, 5.41) is 4.59. The fourth-order valence-corrected chi connectivity index (χ4v) is 4.25. The lowest BCUT2D eigenvalue weighted by Gasteiger charge is -2.15. The summed E-state index contributed by atoms with van der Waals surface area (Å²) in [5.41, 5.74) is 0. The van der Waals surface area contributed by atoms with E-state index in [4.69, 9.17) is 0 Å². The minimum Gasteiger partial charge on any atom is -0.356 e. The van der Waals surface area contributed by atoms with E-state index < -0.39 is 10.0 Å². The minimum absolute atomic E-state index is 0.00646. The molecule has 1 rings (SSSR count). The van der Waals surface area contributed by atoms with Gasteiger partial charge in [0.1, 0.15) is 4.21 Å². The van der Waals surface area contributed by atoms with Crippen molar-refractivity contribution in [3.63, 3.8) is 0 Å². The Morgan fingerprint density at radius 2 is 2.10 bits per heavy atom. The molecule has 0 atom stereocenters. The molecule has 5 nitrogen and oxygen atoms in total. The van der Waals surface area contributed by atoms with Crippen LogP contribution in [-0.4, -0.2) is 38.8 Å². The molecule has 0 aliphatic heterocycles. The zero-order chi connectivity index (χ0) is 15.7. The number of carbonyl (C=O) groups is 1. The summed E-state index contributed by atoms with van der Waals surface area (Å²) in [6.07, 6.45) is 4.12. The number of nitrogens with zero attached hydrogens (tertiary/aromatic N) is 1. The van der Waals surface area contributed by atoms with Crippen LogP contribution in [0, 0.1) is 0 Å². The molecule has 0 saturated heterocycles. The van der Waals surface area contributed by atoms with Gasteiger partial charge in [-0.05, 0) is 24.3 Å². The Morgan fingerprint density at radius 1 is 1.33 bits per heavy atom. The third-order valence-corrected chi connectivity index (χ3v) is 6.37. The minimum atomic E-state index is -3.40. The zero-order valence-electron chi connectivity index (χ0n) is 12.7. The molecular formula is C14H24N2O3S2. The Bertz CT molecular complexity index is 512. The highest BCUT2D eigenvalue weighted by Gasteiger charge is 2.21. The molecule has 0 fully saturated rings. The zero-order valence-corrected chi connectivity index (χ0v) is 14.3. The summed E-state index contributed by atoms with van der Waals surface area (Å²) in [4.78, 5) is 11.6. The number of rotatable bonds is 10. The predicted octanol–water partition coefficient (Wildman–Crippen LogP) is 2.46. The first-order valence-electron chi connectivity index (χ1n) is 7.25. The maximum Gasteiger partial charge on any atom is 0.252 e. The molecule has 1 N–H and O–H groups in total. The van der Waals surface area contributed by atoms with Crippen molar-refractivity contribution < 1.29 is 13.2 Å². The van der Waals surface area contributed by atoms with E-state index in [1.807, 2.05) is 0 Å². The lowest BCUT2D eigenvalue weighted by molar-refractivity contribution is -0.121. The van der Waals surface area contributed by atoms with Crippen LogP contribution >= 0.6 is 11.3 Å². The van der Waals surface area contributed by atoms with Gasteiger partial charge in [-0.2, -0.15) is 0 Å². The number of hydrogen-bond donors (Lipinski definition) is 1. The smallest absolute Gasteiger partial charge is 0.252 e. The molecule has 0 saturated carbocycles. The molecule has 0 aromatic carbocycles. The lowest BCUT2D eigenvalue weighted by atomic mass is 10.2. The maximum absolute atomic E-state index is 12.1. The van der Waals surface area contributed by atoms with E-state index in [1.54, 1.807) is 24.6 Å². The Hall–Kier alpha value is -0.920. The molecule has 21 heavy (non-hydrogen) atoms. The largest absolute Gasteiger partial charge is 0.356 e. The van der Waals surface area contributed by atoms with E-state index in [2.05, 4.69) is 12.2 Å². The molecular weight excluding hydrogens is 308 g/mol. The highest BCUT2D eigenvalue weighted by atomic mass is 32.2. The number of sulfonamides is 1. The summed E-state index contributed by atoms with van der Waals surface area (Å²) in [7, 11) is -1.85. The van der Waals surface area contributed by atoms with Crippen LogP contribution < -0.4 is 5.32 Å². The molecule has 0 bridgehead atoms. The van der Waals surface area contributed by atoms with Crippen molar-refractivity contribution in [2.24, 2.45) is 0 Å². The number of amides is 1. The number of unbranched alkanes of at least 4 members (excludes halogenated alkanes) is 2. The van der Waals surface area contributed by atoms with E-state index in [9.17, 15) is 13.2 Å². The van der Waals surface area contributed by atoms with E-state index in [1.165, 1.54) is 15.6 Å².